The van der Waals surface area contributed by atoms with Crippen molar-refractivity contribution < 1.29 is 14.5 Å². The second-order valence-corrected chi connectivity index (χ2v) is 2.85. The monoisotopic (exact) mass is 212 g/mol. The maximum atomic E-state index is 11.4. The lowest BCUT2D eigenvalue weighted by molar-refractivity contribution is -0.384. The zero-order chi connectivity index (χ0) is 11.4. The van der Waals surface area contributed by atoms with Gasteiger partial charge in [0, 0.05) is 12.6 Å². The van der Waals surface area contributed by atoms with Crippen LogP contribution in [0.5, 0.6) is 0 Å². The molecule has 0 aliphatic heterocycles. The standard InChI is InChI=1S/C9H12N2O4/c1-3-10-6-7(11(13)14)5-8(10)9(12)15-4-2/h5-6H,3-4H2,1-2H3. The lowest BCUT2D eigenvalue weighted by atomic mass is 10.4. The average molecular weight is 212 g/mol. The first-order valence-electron chi connectivity index (χ1n) is 4.61. The van der Waals surface area contributed by atoms with E-state index in [0.29, 0.717) is 6.54 Å². The van der Waals surface area contributed by atoms with Crippen LogP contribution in [0.2, 0.25) is 0 Å². The Morgan fingerprint density at radius 1 is 1.60 bits per heavy atom. The van der Waals surface area contributed by atoms with Crippen LogP contribution in [0.15, 0.2) is 12.3 Å². The van der Waals surface area contributed by atoms with E-state index in [4.69, 9.17) is 4.74 Å². The van der Waals surface area contributed by atoms with Crippen LogP contribution >= 0.6 is 0 Å². The summed E-state index contributed by atoms with van der Waals surface area (Å²) in [6.45, 7) is 4.22. The summed E-state index contributed by atoms with van der Waals surface area (Å²) in [5.41, 5.74) is 0.117. The van der Waals surface area contributed by atoms with E-state index in [2.05, 4.69) is 0 Å². The fourth-order valence-corrected chi connectivity index (χ4v) is 1.23. The summed E-state index contributed by atoms with van der Waals surface area (Å²) >= 11 is 0. The summed E-state index contributed by atoms with van der Waals surface area (Å²) in [5, 5.41) is 10.5. The molecule has 0 aliphatic carbocycles. The Hall–Kier alpha value is -1.85. The number of aryl methyl sites for hydroxylation is 1. The Morgan fingerprint density at radius 3 is 2.73 bits per heavy atom. The first-order chi connectivity index (χ1) is 7.10. The lowest BCUT2D eigenvalue weighted by Crippen LogP contribution is -2.10. The van der Waals surface area contributed by atoms with E-state index in [1.165, 1.54) is 16.8 Å². The van der Waals surface area contributed by atoms with Crippen LogP contribution in [0, 0.1) is 10.1 Å². The molecule has 0 bridgehead atoms. The molecule has 0 aliphatic rings. The van der Waals surface area contributed by atoms with Gasteiger partial charge in [0.05, 0.1) is 17.7 Å². The molecule has 0 spiro atoms. The molecule has 0 radical (unpaired) electrons. The molecule has 6 heteroatoms. The number of esters is 1. The summed E-state index contributed by atoms with van der Waals surface area (Å²) in [7, 11) is 0. The van der Waals surface area contributed by atoms with Gasteiger partial charge in [-0.2, -0.15) is 0 Å². The van der Waals surface area contributed by atoms with Crippen LogP contribution in [0.4, 0.5) is 5.69 Å². The molecule has 1 rings (SSSR count). The Morgan fingerprint density at radius 2 is 2.27 bits per heavy atom. The Balaban J connectivity index is 3.05. The molecule has 0 aromatic carbocycles. The largest absolute Gasteiger partial charge is 0.461 e. The molecule has 0 N–H and O–H groups in total. The van der Waals surface area contributed by atoms with Gasteiger partial charge < -0.3 is 9.30 Å². The number of hydrogen-bond donors (Lipinski definition) is 0. The molecular weight excluding hydrogens is 200 g/mol. The van der Waals surface area contributed by atoms with Gasteiger partial charge in [-0.3, -0.25) is 10.1 Å². The molecule has 0 fully saturated rings. The maximum Gasteiger partial charge on any atom is 0.355 e. The second-order valence-electron chi connectivity index (χ2n) is 2.85. The predicted octanol–water partition coefficient (Wildman–Crippen LogP) is 1.59. The molecule has 82 valence electrons. The zero-order valence-corrected chi connectivity index (χ0v) is 8.60. The lowest BCUT2D eigenvalue weighted by Gasteiger charge is -2.03. The van der Waals surface area contributed by atoms with Crippen molar-refractivity contribution in [2.75, 3.05) is 6.61 Å². The quantitative estimate of drug-likeness (QED) is 0.431. The highest BCUT2D eigenvalue weighted by molar-refractivity contribution is 5.88. The normalized spacial score (nSPS) is 10.0. The molecule has 1 heterocycles. The van der Waals surface area contributed by atoms with E-state index in [-0.39, 0.29) is 18.0 Å². The number of ether oxygens (including phenoxy) is 1. The number of carbonyl (C=O) groups excluding carboxylic acids is 1. The van der Waals surface area contributed by atoms with E-state index in [9.17, 15) is 14.9 Å². The number of rotatable bonds is 4. The fourth-order valence-electron chi connectivity index (χ4n) is 1.23. The summed E-state index contributed by atoms with van der Waals surface area (Å²) in [4.78, 5) is 21.4. The second kappa shape index (κ2) is 4.59. The van der Waals surface area contributed by atoms with Crippen LogP contribution in [0.1, 0.15) is 24.3 Å². The Bertz CT molecular complexity index is 383. The van der Waals surface area contributed by atoms with Gasteiger partial charge in [0.2, 0.25) is 0 Å². The highest BCUT2D eigenvalue weighted by Crippen LogP contribution is 2.17. The number of hydrogen-bond acceptors (Lipinski definition) is 4. The topological polar surface area (TPSA) is 74.4 Å². The molecule has 6 nitrogen and oxygen atoms in total. The van der Waals surface area contributed by atoms with Crippen molar-refractivity contribution in [3.8, 4) is 0 Å². The van der Waals surface area contributed by atoms with Gasteiger partial charge in [0.15, 0.2) is 0 Å². The molecule has 0 amide bonds. The fraction of sp³-hybridized carbons (Fsp3) is 0.444. The van der Waals surface area contributed by atoms with E-state index in [1.54, 1.807) is 13.8 Å². The summed E-state index contributed by atoms with van der Waals surface area (Å²) in [6.07, 6.45) is 1.33. The van der Waals surface area contributed by atoms with Crippen LogP contribution < -0.4 is 0 Å². The van der Waals surface area contributed by atoms with Crippen molar-refractivity contribution in [1.29, 1.82) is 0 Å². The van der Waals surface area contributed by atoms with Crippen molar-refractivity contribution in [2.45, 2.75) is 20.4 Å². The SMILES string of the molecule is CCOC(=O)c1cc([N+](=O)[O-])cn1CC. The third-order valence-electron chi connectivity index (χ3n) is 1.92. The van der Waals surface area contributed by atoms with Crippen LogP contribution in [0.3, 0.4) is 0 Å². The van der Waals surface area contributed by atoms with Gasteiger partial charge in [-0.25, -0.2) is 4.79 Å². The minimum Gasteiger partial charge on any atom is -0.461 e. The number of aromatic nitrogens is 1. The highest BCUT2D eigenvalue weighted by Gasteiger charge is 2.19. The van der Waals surface area contributed by atoms with Crippen LogP contribution in [-0.4, -0.2) is 22.1 Å². The van der Waals surface area contributed by atoms with E-state index < -0.39 is 10.9 Å². The molecule has 0 unspecified atom stereocenters. The Kier molecular flexibility index (Phi) is 3.43. The molecule has 0 atom stereocenters. The molecular formula is C9H12N2O4. The molecule has 1 aromatic heterocycles. The first-order valence-corrected chi connectivity index (χ1v) is 4.61. The van der Waals surface area contributed by atoms with E-state index >= 15 is 0 Å². The number of carbonyl (C=O) groups is 1. The van der Waals surface area contributed by atoms with Crippen LogP contribution in [0.25, 0.3) is 0 Å². The minimum atomic E-state index is -0.535. The van der Waals surface area contributed by atoms with Gasteiger partial charge in [0.25, 0.3) is 5.69 Å². The van der Waals surface area contributed by atoms with Crippen molar-refractivity contribution in [1.82, 2.24) is 4.57 Å². The van der Waals surface area contributed by atoms with Gasteiger partial charge >= 0.3 is 5.97 Å². The highest BCUT2D eigenvalue weighted by atomic mass is 16.6. The van der Waals surface area contributed by atoms with Crippen molar-refractivity contribution >= 4 is 11.7 Å². The average Bonchev–Trinajstić information content (AvgIpc) is 2.61. The molecule has 0 saturated heterocycles. The summed E-state index contributed by atoms with van der Waals surface area (Å²) in [5.74, 6) is -0.535. The zero-order valence-electron chi connectivity index (χ0n) is 8.60. The van der Waals surface area contributed by atoms with E-state index in [0.717, 1.165) is 0 Å². The summed E-state index contributed by atoms with van der Waals surface area (Å²) in [6, 6.07) is 1.22. The predicted molar refractivity (Wildman–Crippen MR) is 52.7 cm³/mol. The maximum absolute atomic E-state index is 11.4. The van der Waals surface area contributed by atoms with Gasteiger partial charge in [-0.05, 0) is 13.8 Å². The third-order valence-corrected chi connectivity index (χ3v) is 1.92. The van der Waals surface area contributed by atoms with E-state index in [1.807, 2.05) is 0 Å². The van der Waals surface area contributed by atoms with Gasteiger partial charge in [-0.1, -0.05) is 0 Å². The number of nitro groups is 1. The first kappa shape index (κ1) is 11.2. The van der Waals surface area contributed by atoms with Gasteiger partial charge in [-0.15, -0.1) is 0 Å². The van der Waals surface area contributed by atoms with Crippen molar-refractivity contribution in [2.24, 2.45) is 0 Å². The smallest absolute Gasteiger partial charge is 0.355 e. The molecule has 1 aromatic rings. The van der Waals surface area contributed by atoms with Gasteiger partial charge in [0.1, 0.15) is 5.69 Å². The van der Waals surface area contributed by atoms with Crippen LogP contribution in [-0.2, 0) is 11.3 Å². The minimum absolute atomic E-state index is 0.0973. The third kappa shape index (κ3) is 2.34. The molecule has 15 heavy (non-hydrogen) atoms. The van der Waals surface area contributed by atoms with Crippen molar-refractivity contribution in [3.05, 3.63) is 28.1 Å². The number of nitrogens with zero attached hydrogens (tertiary/aromatic N) is 2. The molecule has 0 saturated carbocycles. The van der Waals surface area contributed by atoms with Crippen molar-refractivity contribution in [3.63, 3.8) is 0 Å². The Labute approximate surface area is 86.6 Å². The summed E-state index contributed by atoms with van der Waals surface area (Å²) < 4.78 is 6.28.